The summed E-state index contributed by atoms with van der Waals surface area (Å²) >= 11 is 0. The van der Waals surface area contributed by atoms with E-state index in [1.165, 1.54) is 0 Å². The van der Waals surface area contributed by atoms with E-state index in [2.05, 4.69) is 38.8 Å². The van der Waals surface area contributed by atoms with E-state index in [0.717, 1.165) is 11.8 Å². The van der Waals surface area contributed by atoms with Crippen molar-refractivity contribution in [3.63, 3.8) is 0 Å². The second kappa shape index (κ2) is 6.56. The third kappa shape index (κ3) is 5.86. The largest absolute Gasteiger partial charge is 0.414 e. The maximum Gasteiger partial charge on any atom is 0.265 e. The quantitative estimate of drug-likeness (QED) is 0.592. The monoisotopic (exact) mass is 331 g/mol. The van der Waals surface area contributed by atoms with Crippen LogP contribution >= 0.6 is 0 Å². The van der Waals surface area contributed by atoms with Gasteiger partial charge in [0.2, 0.25) is 0 Å². The van der Waals surface area contributed by atoms with Crippen LogP contribution in [0.15, 0.2) is 24.5 Å². The van der Waals surface area contributed by atoms with Gasteiger partial charge in [0, 0.05) is 12.4 Å². The molecule has 120 valence electrons. The first-order chi connectivity index (χ1) is 9.42. The van der Waals surface area contributed by atoms with Crippen LogP contribution in [0.3, 0.4) is 0 Å². The van der Waals surface area contributed by atoms with E-state index in [1.807, 2.05) is 0 Å². The second-order valence-electron chi connectivity index (χ2n) is 6.64. The van der Waals surface area contributed by atoms with Gasteiger partial charge in [-0.15, -0.1) is 0 Å². The zero-order valence-corrected chi connectivity index (χ0v) is 15.4. The fraction of sp³-hybridized carbons (Fsp3) is 0.643. The van der Waals surface area contributed by atoms with Crippen LogP contribution in [0.5, 0.6) is 0 Å². The molecule has 0 saturated carbocycles. The highest BCUT2D eigenvalue weighted by Crippen LogP contribution is 2.37. The van der Waals surface area contributed by atoms with Crippen LogP contribution in [0, 0.1) is 0 Å². The van der Waals surface area contributed by atoms with E-state index < -0.39 is 24.5 Å². The van der Waals surface area contributed by atoms with Gasteiger partial charge in [-0.25, -0.2) is 0 Å². The van der Waals surface area contributed by atoms with Crippen LogP contribution in [-0.4, -0.2) is 34.6 Å². The first-order valence-corrected chi connectivity index (χ1v) is 11.6. The summed E-state index contributed by atoms with van der Waals surface area (Å²) in [5.41, 5.74) is 0.745. The number of pyridine rings is 1. The molecule has 1 atom stereocenters. The number of rotatable bonds is 6. The summed E-state index contributed by atoms with van der Waals surface area (Å²) < 4.78 is 34.2. The van der Waals surface area contributed by atoms with E-state index in [4.69, 9.17) is 8.61 Å². The molecule has 0 bridgehead atoms. The number of nitrogens with zero attached hydrogens (tertiary/aromatic N) is 1. The molecular weight excluding hydrogens is 306 g/mol. The lowest BCUT2D eigenvalue weighted by Gasteiger charge is -2.37. The Morgan fingerprint density at radius 3 is 2.19 bits per heavy atom. The molecule has 1 heterocycles. The number of hydrogen-bond acceptors (Lipinski definition) is 5. The average molecular weight is 332 g/mol. The minimum atomic E-state index is -3.56. The van der Waals surface area contributed by atoms with Crippen LogP contribution in [-0.2, 0) is 18.7 Å². The SMILES string of the molecule is CC(C)(C)[Si](C)(C)OC[C@H](OS(C)(=O)=O)c1ccncc1. The standard InChI is InChI=1S/C14H25NO4SSi/c1-14(2,3)21(5,6)18-11-13(19-20(4,16)17)12-7-9-15-10-8-12/h7-10,13H,11H2,1-6H3/t13-/m0/s1. The van der Waals surface area contributed by atoms with Gasteiger partial charge in [0.15, 0.2) is 8.32 Å². The molecule has 7 heteroatoms. The molecule has 0 aliphatic heterocycles. The normalized spacial score (nSPS) is 15.0. The van der Waals surface area contributed by atoms with Crippen molar-refractivity contribution in [3.05, 3.63) is 30.1 Å². The highest BCUT2D eigenvalue weighted by atomic mass is 32.2. The zero-order valence-electron chi connectivity index (χ0n) is 13.6. The molecule has 0 radical (unpaired) electrons. The van der Waals surface area contributed by atoms with E-state index in [-0.39, 0.29) is 11.6 Å². The van der Waals surface area contributed by atoms with E-state index in [0.29, 0.717) is 0 Å². The summed E-state index contributed by atoms with van der Waals surface area (Å²) in [7, 11) is -5.53. The molecule has 0 aliphatic rings. The Kier molecular flexibility index (Phi) is 5.71. The van der Waals surface area contributed by atoms with Crippen LogP contribution in [0.2, 0.25) is 18.1 Å². The molecule has 0 spiro atoms. The highest BCUT2D eigenvalue weighted by molar-refractivity contribution is 7.86. The first-order valence-electron chi connectivity index (χ1n) is 6.84. The van der Waals surface area contributed by atoms with Crippen molar-refractivity contribution in [2.24, 2.45) is 0 Å². The molecule has 1 rings (SSSR count). The summed E-state index contributed by atoms with van der Waals surface area (Å²) in [6, 6.07) is 3.48. The van der Waals surface area contributed by atoms with Gasteiger partial charge in [0.25, 0.3) is 10.1 Å². The summed E-state index contributed by atoms with van der Waals surface area (Å²) in [6.45, 7) is 10.9. The van der Waals surface area contributed by atoms with Crippen LogP contribution in [0.1, 0.15) is 32.4 Å². The van der Waals surface area contributed by atoms with Crippen molar-refractivity contribution < 1.29 is 17.0 Å². The van der Waals surface area contributed by atoms with Crippen molar-refractivity contribution in [2.75, 3.05) is 12.9 Å². The van der Waals surface area contributed by atoms with Gasteiger partial charge < -0.3 is 4.43 Å². The van der Waals surface area contributed by atoms with Crippen LogP contribution < -0.4 is 0 Å². The lowest BCUT2D eigenvalue weighted by atomic mass is 10.2. The van der Waals surface area contributed by atoms with Crippen molar-refractivity contribution in [2.45, 2.75) is 45.0 Å². The van der Waals surface area contributed by atoms with Crippen molar-refractivity contribution >= 4 is 18.4 Å². The molecule has 21 heavy (non-hydrogen) atoms. The van der Waals surface area contributed by atoms with E-state index in [1.54, 1.807) is 24.5 Å². The van der Waals surface area contributed by atoms with Gasteiger partial charge >= 0.3 is 0 Å². The summed E-state index contributed by atoms with van der Waals surface area (Å²) in [5, 5.41) is 0.0564. The molecular formula is C14H25NO4SSi. The lowest BCUT2D eigenvalue weighted by Crippen LogP contribution is -2.42. The molecule has 0 fully saturated rings. The zero-order chi connectivity index (χ0) is 16.3. The predicted octanol–water partition coefficient (Wildman–Crippen LogP) is 3.12. The van der Waals surface area contributed by atoms with Gasteiger partial charge in [-0.05, 0) is 35.8 Å². The van der Waals surface area contributed by atoms with Crippen molar-refractivity contribution in [1.82, 2.24) is 4.98 Å². The Balaban J connectivity index is 2.90. The third-order valence-electron chi connectivity index (χ3n) is 3.77. The number of aromatic nitrogens is 1. The molecule has 0 aromatic carbocycles. The molecule has 5 nitrogen and oxygen atoms in total. The Bertz CT molecular complexity index is 552. The molecule has 1 aromatic heterocycles. The molecule has 0 unspecified atom stereocenters. The van der Waals surface area contributed by atoms with Gasteiger partial charge in [-0.3, -0.25) is 9.17 Å². The lowest BCUT2D eigenvalue weighted by molar-refractivity contribution is 0.127. The minimum absolute atomic E-state index is 0.0564. The van der Waals surface area contributed by atoms with Gasteiger partial charge in [0.05, 0.1) is 12.9 Å². The maximum absolute atomic E-state index is 11.5. The third-order valence-corrected chi connectivity index (χ3v) is 8.85. The smallest absolute Gasteiger partial charge is 0.265 e. The summed E-state index contributed by atoms with van der Waals surface area (Å²) in [4.78, 5) is 3.94. The van der Waals surface area contributed by atoms with Gasteiger partial charge in [0.1, 0.15) is 6.10 Å². The Morgan fingerprint density at radius 2 is 1.76 bits per heavy atom. The Labute approximate surface area is 129 Å². The molecule has 1 aromatic rings. The minimum Gasteiger partial charge on any atom is -0.414 e. The van der Waals surface area contributed by atoms with Gasteiger partial charge in [-0.2, -0.15) is 8.42 Å². The fourth-order valence-electron chi connectivity index (χ4n) is 1.47. The van der Waals surface area contributed by atoms with Crippen molar-refractivity contribution in [3.8, 4) is 0 Å². The van der Waals surface area contributed by atoms with Crippen molar-refractivity contribution in [1.29, 1.82) is 0 Å². The van der Waals surface area contributed by atoms with Crippen LogP contribution in [0.4, 0.5) is 0 Å². The Morgan fingerprint density at radius 1 is 1.24 bits per heavy atom. The molecule has 0 aliphatic carbocycles. The summed E-state index contributed by atoms with van der Waals surface area (Å²) in [5.74, 6) is 0. The maximum atomic E-state index is 11.5. The highest BCUT2D eigenvalue weighted by Gasteiger charge is 2.38. The molecule has 0 amide bonds. The predicted molar refractivity (Wildman–Crippen MR) is 86.1 cm³/mol. The summed E-state index contributed by atoms with van der Waals surface area (Å²) in [6.07, 6.45) is 3.63. The molecule has 0 saturated heterocycles. The first kappa shape index (κ1) is 18.3. The molecule has 0 N–H and O–H groups in total. The average Bonchev–Trinajstić information content (AvgIpc) is 2.33. The number of hydrogen-bond donors (Lipinski definition) is 0. The fourth-order valence-corrected chi connectivity index (χ4v) is 3.06. The van der Waals surface area contributed by atoms with Crippen LogP contribution in [0.25, 0.3) is 0 Å². The second-order valence-corrected chi connectivity index (χ2v) is 13.1. The Hall–Kier alpha value is -0.763. The topological polar surface area (TPSA) is 65.5 Å². The van der Waals surface area contributed by atoms with E-state index >= 15 is 0 Å². The van der Waals surface area contributed by atoms with Gasteiger partial charge in [-0.1, -0.05) is 20.8 Å². The van der Waals surface area contributed by atoms with E-state index in [9.17, 15) is 8.42 Å².